The highest BCUT2D eigenvalue weighted by Crippen LogP contribution is 2.25. The van der Waals surface area contributed by atoms with Crippen LogP contribution < -0.4 is 0 Å². The van der Waals surface area contributed by atoms with Crippen molar-refractivity contribution < 1.29 is 24.4 Å². The minimum atomic E-state index is -0.464. The van der Waals surface area contributed by atoms with Gasteiger partial charge in [0.1, 0.15) is 0 Å². The van der Waals surface area contributed by atoms with Gasteiger partial charge in [-0.25, -0.2) is 0 Å². The van der Waals surface area contributed by atoms with Crippen LogP contribution in [0.5, 0.6) is 0 Å². The summed E-state index contributed by atoms with van der Waals surface area (Å²) in [5.41, 5.74) is -0.668. The Balaban J connectivity index is 4.31. The third kappa shape index (κ3) is 12.8. The molecule has 5 nitrogen and oxygen atoms in total. The fraction of sp³-hybridized carbons (Fsp3) is 1.00. The smallest absolute Gasteiger partial charge is 0.0745 e. The normalized spacial score (nSPS) is 18.5. The molecule has 5 heteroatoms. The lowest BCUT2D eigenvalue weighted by atomic mass is 9.98. The molecule has 0 saturated carbocycles. The molecule has 0 fully saturated rings. The van der Waals surface area contributed by atoms with E-state index in [1.807, 2.05) is 27.7 Å². The Kier molecular flexibility index (Phi) is 9.86. The molecule has 0 heterocycles. The molecule has 0 amide bonds. The van der Waals surface area contributed by atoms with Gasteiger partial charge in [-0.2, -0.15) is 0 Å². The van der Waals surface area contributed by atoms with Crippen molar-refractivity contribution in [2.75, 3.05) is 13.2 Å². The first-order valence-corrected chi connectivity index (χ1v) is 8.62. The van der Waals surface area contributed by atoms with Gasteiger partial charge in [0.25, 0.3) is 0 Å². The Hall–Kier alpha value is -0.200. The molecule has 0 aliphatic carbocycles. The first-order valence-electron chi connectivity index (χ1n) is 8.62. The average Bonchev–Trinajstić information content (AvgIpc) is 2.31. The second-order valence-electron chi connectivity index (χ2n) is 8.01. The van der Waals surface area contributed by atoms with Crippen molar-refractivity contribution in [1.29, 1.82) is 0 Å². The highest BCUT2D eigenvalue weighted by atomic mass is 16.5. The van der Waals surface area contributed by atoms with Gasteiger partial charge in [-0.05, 0) is 55.4 Å². The summed E-state index contributed by atoms with van der Waals surface area (Å²) >= 11 is 0. The molecule has 0 aromatic heterocycles. The van der Waals surface area contributed by atoms with E-state index in [9.17, 15) is 10.2 Å². The molecule has 23 heavy (non-hydrogen) atoms. The van der Waals surface area contributed by atoms with Gasteiger partial charge in [-0.1, -0.05) is 0 Å². The highest BCUT2D eigenvalue weighted by Gasteiger charge is 2.29. The second kappa shape index (κ2) is 9.94. The van der Waals surface area contributed by atoms with Crippen molar-refractivity contribution in [3.05, 3.63) is 0 Å². The maximum Gasteiger partial charge on any atom is 0.0745 e. The lowest BCUT2D eigenvalue weighted by Gasteiger charge is -2.35. The number of rotatable bonds is 12. The molecule has 2 N–H and O–H groups in total. The summed E-state index contributed by atoms with van der Waals surface area (Å²) in [6, 6.07) is 0. The fourth-order valence-corrected chi connectivity index (χ4v) is 2.79. The molecule has 140 valence electrons. The second-order valence-corrected chi connectivity index (χ2v) is 8.01. The van der Waals surface area contributed by atoms with Crippen molar-refractivity contribution in [3.8, 4) is 0 Å². The van der Waals surface area contributed by atoms with E-state index >= 15 is 0 Å². The zero-order valence-electron chi connectivity index (χ0n) is 16.3. The molecule has 0 bridgehead atoms. The van der Waals surface area contributed by atoms with E-state index in [0.717, 1.165) is 12.8 Å². The Morgan fingerprint density at radius 2 is 1.22 bits per heavy atom. The van der Waals surface area contributed by atoms with E-state index in [1.54, 1.807) is 13.8 Å². The standard InChI is InChI=1S/C18H38O5/c1-13(19)11-21-15(3)9-18(7,8)23-16(4)10-17(5,6)22-12-14(2)20/h13-16,19-20H,9-12H2,1-8H3. The first-order chi connectivity index (χ1) is 10.3. The molecular formula is C18H38O5. The van der Waals surface area contributed by atoms with Crippen molar-refractivity contribution >= 4 is 0 Å². The van der Waals surface area contributed by atoms with Crippen molar-refractivity contribution in [2.24, 2.45) is 0 Å². The summed E-state index contributed by atoms with van der Waals surface area (Å²) in [6.07, 6.45) is 0.621. The van der Waals surface area contributed by atoms with Crippen LogP contribution in [0.4, 0.5) is 0 Å². The fourth-order valence-electron chi connectivity index (χ4n) is 2.79. The highest BCUT2D eigenvalue weighted by molar-refractivity contribution is 4.78. The number of hydrogen-bond acceptors (Lipinski definition) is 5. The van der Waals surface area contributed by atoms with Gasteiger partial charge in [-0.3, -0.25) is 0 Å². The quantitative estimate of drug-likeness (QED) is 0.574. The van der Waals surface area contributed by atoms with E-state index < -0.39 is 12.2 Å². The summed E-state index contributed by atoms with van der Waals surface area (Å²) in [5, 5.41) is 18.6. The van der Waals surface area contributed by atoms with E-state index in [1.165, 1.54) is 0 Å². The lowest BCUT2D eigenvalue weighted by molar-refractivity contribution is -0.131. The Bertz CT molecular complexity index is 313. The number of hydrogen-bond donors (Lipinski definition) is 2. The lowest BCUT2D eigenvalue weighted by Crippen LogP contribution is -2.38. The summed E-state index contributed by atoms with van der Waals surface area (Å²) in [7, 11) is 0. The number of aliphatic hydroxyl groups is 2. The van der Waals surface area contributed by atoms with E-state index in [2.05, 4.69) is 13.8 Å². The van der Waals surface area contributed by atoms with Crippen molar-refractivity contribution in [1.82, 2.24) is 0 Å². The van der Waals surface area contributed by atoms with Crippen LogP contribution in [0, 0.1) is 0 Å². The Morgan fingerprint density at radius 3 is 1.70 bits per heavy atom. The van der Waals surface area contributed by atoms with Crippen LogP contribution in [-0.4, -0.2) is 59.0 Å². The third-order valence-electron chi connectivity index (χ3n) is 3.42. The van der Waals surface area contributed by atoms with Crippen LogP contribution in [0.1, 0.15) is 68.2 Å². The molecule has 0 radical (unpaired) electrons. The van der Waals surface area contributed by atoms with E-state index in [-0.39, 0.29) is 23.4 Å². The largest absolute Gasteiger partial charge is 0.391 e. The van der Waals surface area contributed by atoms with Crippen molar-refractivity contribution in [2.45, 2.75) is 104 Å². The van der Waals surface area contributed by atoms with E-state index in [0.29, 0.717) is 13.2 Å². The van der Waals surface area contributed by atoms with Crippen LogP contribution in [0.3, 0.4) is 0 Å². The third-order valence-corrected chi connectivity index (χ3v) is 3.42. The number of ether oxygens (including phenoxy) is 3. The number of aliphatic hydroxyl groups excluding tert-OH is 2. The predicted octanol–water partition coefficient (Wildman–Crippen LogP) is 2.91. The minimum Gasteiger partial charge on any atom is -0.391 e. The molecule has 4 atom stereocenters. The zero-order chi connectivity index (χ0) is 18.3. The summed E-state index contributed by atoms with van der Waals surface area (Å²) < 4.78 is 17.5. The molecule has 0 spiro atoms. The van der Waals surface area contributed by atoms with Gasteiger partial charge in [0, 0.05) is 12.8 Å². The Morgan fingerprint density at radius 1 is 0.739 bits per heavy atom. The Labute approximate surface area is 142 Å². The van der Waals surface area contributed by atoms with Crippen LogP contribution in [-0.2, 0) is 14.2 Å². The van der Waals surface area contributed by atoms with Crippen LogP contribution in [0.15, 0.2) is 0 Å². The summed E-state index contributed by atoms with van der Waals surface area (Å²) in [4.78, 5) is 0. The molecule has 4 unspecified atom stereocenters. The van der Waals surface area contributed by atoms with Gasteiger partial charge < -0.3 is 24.4 Å². The first kappa shape index (κ1) is 22.8. The molecule has 0 aliphatic rings. The maximum atomic E-state index is 9.34. The molecular weight excluding hydrogens is 296 g/mol. The maximum absolute atomic E-state index is 9.34. The van der Waals surface area contributed by atoms with Crippen LogP contribution in [0.25, 0.3) is 0 Å². The minimum absolute atomic E-state index is 0.0197. The van der Waals surface area contributed by atoms with Gasteiger partial charge in [0.15, 0.2) is 0 Å². The zero-order valence-corrected chi connectivity index (χ0v) is 16.3. The molecule has 0 rings (SSSR count). The van der Waals surface area contributed by atoms with Gasteiger partial charge >= 0.3 is 0 Å². The molecule has 0 aromatic carbocycles. The molecule has 0 aliphatic heterocycles. The van der Waals surface area contributed by atoms with E-state index in [4.69, 9.17) is 14.2 Å². The van der Waals surface area contributed by atoms with Gasteiger partial charge in [-0.15, -0.1) is 0 Å². The molecule has 0 aromatic rings. The topological polar surface area (TPSA) is 68.2 Å². The van der Waals surface area contributed by atoms with Crippen molar-refractivity contribution in [3.63, 3.8) is 0 Å². The van der Waals surface area contributed by atoms with Gasteiger partial charge in [0.2, 0.25) is 0 Å². The van der Waals surface area contributed by atoms with Crippen LogP contribution >= 0.6 is 0 Å². The summed E-state index contributed by atoms with van der Waals surface area (Å²) in [5.74, 6) is 0. The molecule has 0 saturated heterocycles. The van der Waals surface area contributed by atoms with Gasteiger partial charge in [0.05, 0.1) is 48.8 Å². The summed E-state index contributed by atoms with van der Waals surface area (Å²) in [6.45, 7) is 16.3. The average molecular weight is 334 g/mol. The SMILES string of the molecule is CC(O)COC(C)CC(C)(C)OC(C)CC(C)(C)OCC(C)O. The monoisotopic (exact) mass is 334 g/mol. The van der Waals surface area contributed by atoms with Crippen LogP contribution in [0.2, 0.25) is 0 Å². The predicted molar refractivity (Wildman–Crippen MR) is 92.7 cm³/mol.